The van der Waals surface area contributed by atoms with E-state index in [0.717, 1.165) is 11.7 Å². The van der Waals surface area contributed by atoms with Crippen molar-refractivity contribution in [3.8, 4) is 11.5 Å². The molecule has 1 fully saturated rings. The van der Waals surface area contributed by atoms with Gasteiger partial charge in [0.15, 0.2) is 11.5 Å². The SMILES string of the molecule is O=C(NC[C@@H]1COc2ccccc2O1)[C@H]1CCCN(S(=O)(=O)c2cccc3nsnc23)C1. The molecular weight excluding hydrogens is 452 g/mol. The first-order valence-electron chi connectivity index (χ1n) is 10.4. The molecule has 32 heavy (non-hydrogen) atoms. The second kappa shape index (κ2) is 8.64. The summed E-state index contributed by atoms with van der Waals surface area (Å²) < 4.78 is 47.8. The molecule has 1 aromatic heterocycles. The molecule has 0 unspecified atom stereocenters. The van der Waals surface area contributed by atoms with E-state index in [1.54, 1.807) is 18.2 Å². The van der Waals surface area contributed by atoms with Crippen LogP contribution >= 0.6 is 11.7 Å². The highest BCUT2D eigenvalue weighted by Crippen LogP contribution is 2.31. The first-order valence-corrected chi connectivity index (χ1v) is 12.6. The van der Waals surface area contributed by atoms with E-state index in [4.69, 9.17) is 9.47 Å². The first kappa shape index (κ1) is 21.1. The maximum Gasteiger partial charge on any atom is 0.245 e. The Kier molecular flexibility index (Phi) is 5.70. The quantitative estimate of drug-likeness (QED) is 0.602. The number of hydrogen-bond acceptors (Lipinski definition) is 8. The van der Waals surface area contributed by atoms with Gasteiger partial charge >= 0.3 is 0 Å². The number of hydrogen-bond donors (Lipinski definition) is 1. The fourth-order valence-corrected chi connectivity index (χ4v) is 6.30. The molecule has 0 saturated carbocycles. The number of piperidine rings is 1. The molecule has 2 atom stereocenters. The van der Waals surface area contributed by atoms with E-state index < -0.39 is 15.9 Å². The number of amides is 1. The number of fused-ring (bicyclic) bond motifs is 2. The van der Waals surface area contributed by atoms with Crippen molar-refractivity contribution >= 4 is 38.7 Å². The van der Waals surface area contributed by atoms with Crippen molar-refractivity contribution in [3.05, 3.63) is 42.5 Å². The van der Waals surface area contributed by atoms with E-state index in [-0.39, 0.29) is 23.5 Å². The van der Waals surface area contributed by atoms with Gasteiger partial charge in [-0.3, -0.25) is 4.79 Å². The maximum atomic E-state index is 13.3. The summed E-state index contributed by atoms with van der Waals surface area (Å²) in [6, 6.07) is 12.3. The summed E-state index contributed by atoms with van der Waals surface area (Å²) in [5.41, 5.74) is 0.928. The molecule has 1 saturated heterocycles. The van der Waals surface area contributed by atoms with Gasteiger partial charge in [-0.25, -0.2) is 8.42 Å². The van der Waals surface area contributed by atoms with Crippen molar-refractivity contribution in [2.75, 3.05) is 26.2 Å². The van der Waals surface area contributed by atoms with Crippen LogP contribution in [0.2, 0.25) is 0 Å². The number of carbonyl (C=O) groups excluding carboxylic acids is 1. The minimum absolute atomic E-state index is 0.132. The minimum Gasteiger partial charge on any atom is -0.486 e. The number of carbonyl (C=O) groups is 1. The zero-order chi connectivity index (χ0) is 22.1. The molecule has 9 nitrogen and oxygen atoms in total. The highest BCUT2D eigenvalue weighted by molar-refractivity contribution is 7.89. The van der Waals surface area contributed by atoms with Crippen LogP contribution in [0.4, 0.5) is 0 Å². The van der Waals surface area contributed by atoms with Crippen molar-refractivity contribution in [1.82, 2.24) is 18.4 Å². The third-order valence-corrected chi connectivity index (χ3v) is 8.13. The monoisotopic (exact) mass is 474 g/mol. The van der Waals surface area contributed by atoms with Crippen molar-refractivity contribution in [1.29, 1.82) is 0 Å². The molecule has 2 aliphatic rings. The number of sulfonamides is 1. The molecule has 5 rings (SSSR count). The lowest BCUT2D eigenvalue weighted by Gasteiger charge is -2.32. The van der Waals surface area contributed by atoms with Crippen LogP contribution in [-0.2, 0) is 14.8 Å². The maximum absolute atomic E-state index is 13.3. The van der Waals surface area contributed by atoms with Crippen LogP contribution in [-0.4, -0.2) is 59.7 Å². The number of benzene rings is 2. The van der Waals surface area contributed by atoms with Gasteiger partial charge < -0.3 is 14.8 Å². The van der Waals surface area contributed by atoms with E-state index in [9.17, 15) is 13.2 Å². The van der Waals surface area contributed by atoms with Gasteiger partial charge in [0.25, 0.3) is 0 Å². The van der Waals surface area contributed by atoms with Crippen LogP contribution in [0.3, 0.4) is 0 Å². The lowest BCUT2D eigenvalue weighted by molar-refractivity contribution is -0.126. The normalized spacial score (nSPS) is 21.4. The molecule has 0 radical (unpaired) electrons. The van der Waals surface area contributed by atoms with Gasteiger partial charge in [0.05, 0.1) is 24.2 Å². The van der Waals surface area contributed by atoms with E-state index in [2.05, 4.69) is 14.1 Å². The summed E-state index contributed by atoms with van der Waals surface area (Å²) in [6.07, 6.45) is 0.941. The Morgan fingerprint density at radius 2 is 2.00 bits per heavy atom. The molecule has 0 aliphatic carbocycles. The Labute approximate surface area is 189 Å². The van der Waals surface area contributed by atoms with Crippen molar-refractivity contribution in [3.63, 3.8) is 0 Å². The Morgan fingerprint density at radius 3 is 2.88 bits per heavy atom. The molecule has 1 amide bonds. The molecule has 3 aromatic rings. The average molecular weight is 475 g/mol. The summed E-state index contributed by atoms with van der Waals surface area (Å²) in [5.74, 6) is 0.733. The Balaban J connectivity index is 1.23. The molecule has 11 heteroatoms. The second-order valence-corrected chi connectivity index (χ2v) is 10.3. The smallest absolute Gasteiger partial charge is 0.245 e. The van der Waals surface area contributed by atoms with Gasteiger partial charge in [0.1, 0.15) is 28.6 Å². The van der Waals surface area contributed by atoms with Crippen LogP contribution < -0.4 is 14.8 Å². The summed E-state index contributed by atoms with van der Waals surface area (Å²) in [7, 11) is -3.78. The van der Waals surface area contributed by atoms with Crippen molar-refractivity contribution < 1.29 is 22.7 Å². The number of ether oxygens (including phenoxy) is 2. The van der Waals surface area contributed by atoms with Gasteiger partial charge in [0, 0.05) is 13.1 Å². The third kappa shape index (κ3) is 4.03. The number of aromatic nitrogens is 2. The number of rotatable bonds is 5. The predicted molar refractivity (Wildman–Crippen MR) is 118 cm³/mol. The van der Waals surface area contributed by atoms with Gasteiger partial charge in [0.2, 0.25) is 15.9 Å². The lowest BCUT2D eigenvalue weighted by Crippen LogP contribution is -2.48. The van der Waals surface area contributed by atoms with E-state index >= 15 is 0 Å². The summed E-state index contributed by atoms with van der Waals surface area (Å²) in [6.45, 7) is 1.14. The van der Waals surface area contributed by atoms with Crippen LogP contribution in [0.15, 0.2) is 47.4 Å². The topological polar surface area (TPSA) is 111 Å². The average Bonchev–Trinajstić information content (AvgIpc) is 3.31. The summed E-state index contributed by atoms with van der Waals surface area (Å²) in [4.78, 5) is 13.0. The molecule has 0 spiro atoms. The summed E-state index contributed by atoms with van der Waals surface area (Å²) >= 11 is 0.982. The fourth-order valence-electron chi connectivity index (χ4n) is 4.03. The molecular formula is C21H22N4O5S2. The lowest BCUT2D eigenvalue weighted by atomic mass is 9.99. The fraction of sp³-hybridized carbons (Fsp3) is 0.381. The molecule has 0 bridgehead atoms. The largest absolute Gasteiger partial charge is 0.486 e. The molecule has 1 N–H and O–H groups in total. The Hall–Kier alpha value is -2.76. The van der Waals surface area contributed by atoms with Crippen LogP contribution in [0.5, 0.6) is 11.5 Å². The van der Waals surface area contributed by atoms with Crippen LogP contribution in [0, 0.1) is 5.92 Å². The molecule has 168 valence electrons. The minimum atomic E-state index is -3.78. The zero-order valence-corrected chi connectivity index (χ0v) is 18.8. The third-order valence-electron chi connectivity index (χ3n) is 5.69. The molecule has 2 aromatic carbocycles. The van der Waals surface area contributed by atoms with Crippen molar-refractivity contribution in [2.45, 2.75) is 23.8 Å². The van der Waals surface area contributed by atoms with Crippen molar-refractivity contribution in [2.24, 2.45) is 5.92 Å². The summed E-state index contributed by atoms with van der Waals surface area (Å²) in [5, 5.41) is 2.90. The van der Waals surface area contributed by atoms with E-state index in [0.29, 0.717) is 55.1 Å². The van der Waals surface area contributed by atoms with E-state index in [1.165, 1.54) is 4.31 Å². The standard InChI is InChI=1S/C21H22N4O5S2/c26-21(22-11-15-13-29-17-7-1-2-8-18(17)30-15)14-5-4-10-25(12-14)32(27,28)19-9-3-6-16-20(19)24-31-23-16/h1-3,6-9,14-15H,4-5,10-13H2,(H,22,26)/t14-,15+/m0/s1. The molecule has 3 heterocycles. The van der Waals surface area contributed by atoms with Gasteiger partial charge in [-0.15, -0.1) is 0 Å². The zero-order valence-electron chi connectivity index (χ0n) is 17.1. The Bertz CT molecular complexity index is 1250. The first-order chi connectivity index (χ1) is 15.5. The number of nitrogens with zero attached hydrogens (tertiary/aromatic N) is 3. The van der Waals surface area contributed by atoms with E-state index in [1.807, 2.05) is 24.3 Å². The Morgan fingerprint density at radius 1 is 1.16 bits per heavy atom. The second-order valence-electron chi connectivity index (χ2n) is 7.83. The predicted octanol–water partition coefficient (Wildman–Crippen LogP) is 2.05. The van der Waals surface area contributed by atoms with Crippen LogP contribution in [0.25, 0.3) is 11.0 Å². The molecule has 2 aliphatic heterocycles. The number of para-hydroxylation sites is 2. The van der Waals surface area contributed by atoms with Gasteiger partial charge in [-0.1, -0.05) is 18.2 Å². The van der Waals surface area contributed by atoms with Gasteiger partial charge in [-0.2, -0.15) is 13.1 Å². The highest BCUT2D eigenvalue weighted by atomic mass is 32.2. The van der Waals surface area contributed by atoms with Gasteiger partial charge in [-0.05, 0) is 37.1 Å². The highest BCUT2D eigenvalue weighted by Gasteiger charge is 2.35. The van der Waals surface area contributed by atoms with Crippen LogP contribution in [0.1, 0.15) is 12.8 Å². The number of nitrogens with one attached hydrogen (secondary N) is 1.